The van der Waals surface area contributed by atoms with Crippen LogP contribution in [0.5, 0.6) is 0 Å². The number of esters is 1. The van der Waals surface area contributed by atoms with E-state index in [1.807, 2.05) is 0 Å². The molecule has 0 amide bonds. The highest BCUT2D eigenvalue weighted by molar-refractivity contribution is 5.93. The minimum atomic E-state index is -0.649. The maximum atomic E-state index is 13.0. The summed E-state index contributed by atoms with van der Waals surface area (Å²) in [7, 11) is 1.26. The van der Waals surface area contributed by atoms with Crippen molar-refractivity contribution in [3.63, 3.8) is 0 Å². The largest absolute Gasteiger partial charge is 0.465 e. The Morgan fingerprint density at radius 3 is 2.82 bits per heavy atom. The van der Waals surface area contributed by atoms with Crippen molar-refractivity contribution in [2.75, 3.05) is 40.0 Å². The van der Waals surface area contributed by atoms with E-state index < -0.39 is 5.97 Å². The molecular formula is C19H21N5O4. The first kappa shape index (κ1) is 18.3. The summed E-state index contributed by atoms with van der Waals surface area (Å²) in [6, 6.07) is 6.69. The lowest BCUT2D eigenvalue weighted by Gasteiger charge is -2.27. The number of carbonyl (C=O) groups is 1. The van der Waals surface area contributed by atoms with E-state index in [4.69, 9.17) is 14.9 Å². The van der Waals surface area contributed by atoms with Gasteiger partial charge in [-0.05, 0) is 18.2 Å². The smallest absolute Gasteiger partial charge is 0.341 e. The third-order valence-corrected chi connectivity index (χ3v) is 4.97. The summed E-state index contributed by atoms with van der Waals surface area (Å²) < 4.78 is 13.2. The molecule has 0 atom stereocenters. The Hall–Kier alpha value is -3.04. The second kappa shape index (κ2) is 7.53. The molecule has 0 aromatic carbocycles. The minimum Gasteiger partial charge on any atom is -0.465 e. The van der Waals surface area contributed by atoms with Crippen LogP contribution in [0, 0.1) is 5.41 Å². The fourth-order valence-electron chi connectivity index (χ4n) is 3.44. The molecule has 1 aliphatic rings. The van der Waals surface area contributed by atoms with Gasteiger partial charge in [-0.3, -0.25) is 19.5 Å². The van der Waals surface area contributed by atoms with Gasteiger partial charge in [-0.25, -0.2) is 9.78 Å². The SMILES string of the molecule is COC(=O)c1cc2c(=O)n3ccccc3nc2n(CCN2CCOCC2)c1=N. The second-order valence-corrected chi connectivity index (χ2v) is 6.59. The standard InChI is InChI=1S/C19H21N5O4/c1-27-19(26)13-12-14-17(21-15-4-2-3-5-23(15)18(14)25)24(16(13)20)7-6-22-8-10-28-11-9-22/h2-5,12,20H,6-11H2,1H3. The van der Waals surface area contributed by atoms with Crippen molar-refractivity contribution in [1.29, 1.82) is 5.41 Å². The van der Waals surface area contributed by atoms with Gasteiger partial charge < -0.3 is 14.0 Å². The summed E-state index contributed by atoms with van der Waals surface area (Å²) in [5, 5.41) is 8.81. The van der Waals surface area contributed by atoms with E-state index in [1.165, 1.54) is 17.6 Å². The van der Waals surface area contributed by atoms with Gasteiger partial charge in [0.2, 0.25) is 0 Å². The van der Waals surface area contributed by atoms with Gasteiger partial charge in [-0.2, -0.15) is 0 Å². The van der Waals surface area contributed by atoms with Gasteiger partial charge in [0.05, 0.1) is 25.7 Å². The molecule has 4 heterocycles. The molecule has 3 aromatic rings. The minimum absolute atomic E-state index is 0.0141. The van der Waals surface area contributed by atoms with Crippen molar-refractivity contribution in [2.45, 2.75) is 6.54 Å². The predicted molar refractivity (Wildman–Crippen MR) is 101 cm³/mol. The van der Waals surface area contributed by atoms with E-state index in [2.05, 4.69) is 9.88 Å². The first-order chi connectivity index (χ1) is 13.6. The maximum absolute atomic E-state index is 13.0. The molecular weight excluding hydrogens is 362 g/mol. The van der Waals surface area contributed by atoms with E-state index >= 15 is 0 Å². The summed E-state index contributed by atoms with van der Waals surface area (Å²) in [6.07, 6.45) is 1.63. The number of pyridine rings is 2. The molecule has 0 unspecified atom stereocenters. The Morgan fingerprint density at radius 1 is 1.29 bits per heavy atom. The van der Waals surface area contributed by atoms with Crippen molar-refractivity contribution in [1.82, 2.24) is 18.9 Å². The van der Waals surface area contributed by atoms with Crippen LogP contribution in [0.3, 0.4) is 0 Å². The highest BCUT2D eigenvalue weighted by Gasteiger charge is 2.19. The molecule has 0 radical (unpaired) electrons. The molecule has 28 heavy (non-hydrogen) atoms. The molecule has 0 spiro atoms. The van der Waals surface area contributed by atoms with E-state index in [9.17, 15) is 9.59 Å². The quantitative estimate of drug-likeness (QED) is 0.512. The summed E-state index contributed by atoms with van der Waals surface area (Å²) >= 11 is 0. The first-order valence-corrected chi connectivity index (χ1v) is 9.08. The molecule has 4 rings (SSSR count). The molecule has 146 valence electrons. The van der Waals surface area contributed by atoms with Gasteiger partial charge in [0.25, 0.3) is 5.56 Å². The number of methoxy groups -OCH3 is 1. The van der Waals surface area contributed by atoms with Gasteiger partial charge in [0, 0.05) is 32.4 Å². The number of hydrogen-bond donors (Lipinski definition) is 1. The average Bonchev–Trinajstić information content (AvgIpc) is 2.73. The van der Waals surface area contributed by atoms with E-state index in [0.29, 0.717) is 37.6 Å². The number of carbonyl (C=O) groups excluding carboxylic acids is 1. The second-order valence-electron chi connectivity index (χ2n) is 6.59. The van der Waals surface area contributed by atoms with Crippen LogP contribution in [0.1, 0.15) is 10.4 Å². The Kier molecular flexibility index (Phi) is 4.93. The molecule has 1 saturated heterocycles. The van der Waals surface area contributed by atoms with Crippen molar-refractivity contribution >= 4 is 22.6 Å². The Bertz CT molecular complexity index is 1160. The molecule has 1 fully saturated rings. The van der Waals surface area contributed by atoms with Crippen molar-refractivity contribution in [3.05, 3.63) is 51.9 Å². The number of nitrogens with one attached hydrogen (secondary N) is 1. The highest BCUT2D eigenvalue weighted by atomic mass is 16.5. The first-order valence-electron chi connectivity index (χ1n) is 9.08. The van der Waals surface area contributed by atoms with Gasteiger partial charge in [0.15, 0.2) is 0 Å². The zero-order valence-electron chi connectivity index (χ0n) is 15.6. The number of ether oxygens (including phenoxy) is 2. The molecule has 1 aliphatic heterocycles. The summed E-state index contributed by atoms with van der Waals surface area (Å²) in [6.45, 7) is 4.05. The van der Waals surface area contributed by atoms with E-state index in [1.54, 1.807) is 29.0 Å². The van der Waals surface area contributed by atoms with Gasteiger partial charge >= 0.3 is 5.97 Å². The third-order valence-electron chi connectivity index (χ3n) is 4.97. The molecule has 1 N–H and O–H groups in total. The maximum Gasteiger partial charge on any atom is 0.341 e. The van der Waals surface area contributed by atoms with Crippen LogP contribution in [-0.4, -0.2) is 64.8 Å². The topological polar surface area (TPSA) is 102 Å². The number of nitrogens with zero attached hydrogens (tertiary/aromatic N) is 4. The van der Waals surface area contributed by atoms with Gasteiger partial charge in [-0.15, -0.1) is 0 Å². The zero-order valence-corrected chi connectivity index (χ0v) is 15.6. The highest BCUT2D eigenvalue weighted by Crippen LogP contribution is 2.11. The average molecular weight is 383 g/mol. The Balaban J connectivity index is 1.91. The molecule has 9 heteroatoms. The summed E-state index contributed by atoms with van der Waals surface area (Å²) in [4.78, 5) is 32.0. The monoisotopic (exact) mass is 383 g/mol. The van der Waals surface area contributed by atoms with Crippen LogP contribution in [0.2, 0.25) is 0 Å². The van der Waals surface area contributed by atoms with Gasteiger partial charge in [-0.1, -0.05) is 6.07 Å². The number of fused-ring (bicyclic) bond motifs is 2. The van der Waals surface area contributed by atoms with Crippen LogP contribution < -0.4 is 11.0 Å². The van der Waals surface area contributed by atoms with E-state index in [0.717, 1.165) is 13.1 Å². The molecule has 0 bridgehead atoms. The molecule has 0 saturated carbocycles. The zero-order chi connectivity index (χ0) is 19.7. The van der Waals surface area contributed by atoms with Crippen LogP contribution >= 0.6 is 0 Å². The molecule has 3 aromatic heterocycles. The molecule has 9 nitrogen and oxygen atoms in total. The lowest BCUT2D eigenvalue weighted by atomic mass is 10.2. The summed E-state index contributed by atoms with van der Waals surface area (Å²) in [5.41, 5.74) is 0.630. The predicted octanol–water partition coefficient (Wildman–Crippen LogP) is 0.247. The number of rotatable bonds is 4. The van der Waals surface area contributed by atoms with Crippen molar-refractivity contribution in [2.24, 2.45) is 0 Å². The van der Waals surface area contributed by atoms with Crippen molar-refractivity contribution in [3.8, 4) is 0 Å². The summed E-state index contributed by atoms with van der Waals surface area (Å²) in [5.74, 6) is -0.649. The van der Waals surface area contributed by atoms with Crippen LogP contribution in [0.25, 0.3) is 16.7 Å². The fraction of sp³-hybridized carbons (Fsp3) is 0.368. The third kappa shape index (κ3) is 3.19. The Morgan fingerprint density at radius 2 is 2.07 bits per heavy atom. The lowest BCUT2D eigenvalue weighted by molar-refractivity contribution is 0.0363. The number of morpholine rings is 1. The Labute approximate surface area is 160 Å². The lowest BCUT2D eigenvalue weighted by Crippen LogP contribution is -2.40. The van der Waals surface area contributed by atoms with Crippen LogP contribution in [0.4, 0.5) is 0 Å². The number of aromatic nitrogens is 3. The molecule has 0 aliphatic carbocycles. The fourth-order valence-corrected chi connectivity index (χ4v) is 3.44. The van der Waals surface area contributed by atoms with E-state index in [-0.39, 0.29) is 22.0 Å². The van der Waals surface area contributed by atoms with Crippen molar-refractivity contribution < 1.29 is 14.3 Å². The van der Waals surface area contributed by atoms with Crippen LogP contribution in [-0.2, 0) is 16.0 Å². The van der Waals surface area contributed by atoms with Crippen LogP contribution in [0.15, 0.2) is 35.3 Å². The van der Waals surface area contributed by atoms with Gasteiger partial charge in [0.1, 0.15) is 22.3 Å². The number of hydrogen-bond acceptors (Lipinski definition) is 7. The normalized spacial score (nSPS) is 15.2.